The van der Waals surface area contributed by atoms with E-state index < -0.39 is 5.60 Å². The first kappa shape index (κ1) is 22.5. The lowest BCUT2D eigenvalue weighted by Gasteiger charge is -2.31. The van der Waals surface area contributed by atoms with E-state index in [0.717, 1.165) is 75.2 Å². The van der Waals surface area contributed by atoms with Gasteiger partial charge >= 0.3 is 12.1 Å². The fraction of sp³-hybridized carbons (Fsp3) is 0.696. The molecule has 7 nitrogen and oxygen atoms in total. The summed E-state index contributed by atoms with van der Waals surface area (Å²) >= 11 is 0. The Balaban J connectivity index is 1.58. The van der Waals surface area contributed by atoms with Crippen molar-refractivity contribution in [2.75, 3.05) is 38.2 Å². The van der Waals surface area contributed by atoms with Crippen LogP contribution < -0.4 is 4.90 Å². The minimum atomic E-state index is -0.525. The van der Waals surface area contributed by atoms with Gasteiger partial charge in [-0.05, 0) is 84.0 Å². The van der Waals surface area contributed by atoms with Crippen molar-refractivity contribution in [1.82, 2.24) is 9.88 Å². The van der Waals surface area contributed by atoms with Crippen LogP contribution in [0.3, 0.4) is 0 Å². The van der Waals surface area contributed by atoms with E-state index in [0.29, 0.717) is 6.54 Å². The Morgan fingerprint density at radius 3 is 2.73 bits per heavy atom. The third-order valence-electron chi connectivity index (χ3n) is 5.66. The molecule has 0 radical (unpaired) electrons. The Morgan fingerprint density at radius 1 is 1.20 bits per heavy atom. The smallest absolute Gasteiger partial charge is 0.416 e. The molecular weight excluding hydrogens is 382 g/mol. The summed E-state index contributed by atoms with van der Waals surface area (Å²) in [5.74, 6) is 0.642. The zero-order valence-electron chi connectivity index (χ0n) is 18.8. The molecule has 30 heavy (non-hydrogen) atoms. The number of fused-ring (bicyclic) bond motifs is 1. The second-order valence-corrected chi connectivity index (χ2v) is 9.29. The molecular formula is C23H35N3O4. The summed E-state index contributed by atoms with van der Waals surface area (Å²) in [4.78, 5) is 33.3. The van der Waals surface area contributed by atoms with Crippen LogP contribution in [0.2, 0.25) is 0 Å². The normalized spacial score (nSPS) is 19.9. The van der Waals surface area contributed by atoms with Crippen LogP contribution in [0.4, 0.5) is 10.6 Å². The van der Waals surface area contributed by atoms with Gasteiger partial charge in [0.15, 0.2) is 0 Å². The van der Waals surface area contributed by atoms with E-state index in [1.807, 2.05) is 20.8 Å². The lowest BCUT2D eigenvalue weighted by atomic mass is 9.98. The summed E-state index contributed by atoms with van der Waals surface area (Å²) in [5.41, 5.74) is 1.57. The molecule has 3 rings (SSSR count). The number of amides is 1. The van der Waals surface area contributed by atoms with Crippen LogP contribution in [-0.2, 0) is 27.1 Å². The van der Waals surface area contributed by atoms with Crippen LogP contribution in [0.15, 0.2) is 12.1 Å². The van der Waals surface area contributed by atoms with Gasteiger partial charge in [0.25, 0.3) is 0 Å². The van der Waals surface area contributed by atoms with Gasteiger partial charge in [0.2, 0.25) is 0 Å². The Kier molecular flexibility index (Phi) is 7.34. The van der Waals surface area contributed by atoms with Crippen molar-refractivity contribution in [2.24, 2.45) is 5.92 Å². The zero-order chi connectivity index (χ0) is 21.7. The molecule has 166 valence electrons. The van der Waals surface area contributed by atoms with Gasteiger partial charge in [-0.15, -0.1) is 0 Å². The molecule has 1 aromatic heterocycles. The third kappa shape index (κ3) is 5.94. The van der Waals surface area contributed by atoms with Gasteiger partial charge in [0.05, 0.1) is 13.0 Å². The number of rotatable bonds is 5. The molecule has 0 aromatic carbocycles. The molecule has 1 aromatic rings. The SMILES string of the molecule is COC(=O)[C@@H]1CCCN(CCCc2ccc3c(n2)N(C(=O)OC(C)(C)C)CCC3)C1. The zero-order valence-corrected chi connectivity index (χ0v) is 18.8. The van der Waals surface area contributed by atoms with Crippen LogP contribution in [0.1, 0.15) is 57.7 Å². The quantitative estimate of drug-likeness (QED) is 0.682. The predicted molar refractivity (Wildman–Crippen MR) is 116 cm³/mol. The number of hydrogen-bond acceptors (Lipinski definition) is 6. The fourth-order valence-corrected chi connectivity index (χ4v) is 4.21. The van der Waals surface area contributed by atoms with Crippen molar-refractivity contribution in [3.05, 3.63) is 23.4 Å². The van der Waals surface area contributed by atoms with E-state index in [-0.39, 0.29) is 18.0 Å². The average molecular weight is 418 g/mol. The lowest BCUT2D eigenvalue weighted by molar-refractivity contribution is -0.147. The summed E-state index contributed by atoms with van der Waals surface area (Å²) in [6.07, 6.45) is 5.28. The number of piperidine rings is 1. The Morgan fingerprint density at radius 2 is 2.00 bits per heavy atom. The standard InChI is InChI=1S/C23H35N3O4/c1-23(2,3)30-22(28)26-15-6-8-17-11-12-19(24-20(17)26)10-7-14-25-13-5-9-18(16-25)21(27)29-4/h11-12,18H,5-10,13-16H2,1-4H3/t18-/m1/s1. The van der Waals surface area contributed by atoms with Gasteiger partial charge in [0, 0.05) is 18.8 Å². The number of carbonyl (C=O) groups excluding carboxylic acids is 2. The molecule has 0 aliphatic carbocycles. The van der Waals surface area contributed by atoms with Crippen LogP contribution >= 0.6 is 0 Å². The van der Waals surface area contributed by atoms with Gasteiger partial charge < -0.3 is 14.4 Å². The molecule has 1 saturated heterocycles. The molecule has 0 bridgehead atoms. The minimum Gasteiger partial charge on any atom is -0.469 e. The van der Waals surface area contributed by atoms with Crippen molar-refractivity contribution >= 4 is 17.9 Å². The van der Waals surface area contributed by atoms with Crippen LogP contribution in [-0.4, -0.2) is 60.8 Å². The number of esters is 1. The summed E-state index contributed by atoms with van der Waals surface area (Å²) in [7, 11) is 1.46. The maximum atomic E-state index is 12.6. The molecule has 2 aliphatic heterocycles. The number of aromatic nitrogens is 1. The number of nitrogens with zero attached hydrogens (tertiary/aromatic N) is 3. The number of carbonyl (C=O) groups is 2. The van der Waals surface area contributed by atoms with E-state index in [2.05, 4.69) is 17.0 Å². The molecule has 1 atom stereocenters. The number of ether oxygens (including phenoxy) is 2. The topological polar surface area (TPSA) is 72.0 Å². The van der Waals surface area contributed by atoms with Crippen molar-refractivity contribution in [3.63, 3.8) is 0 Å². The number of hydrogen-bond donors (Lipinski definition) is 0. The highest BCUT2D eigenvalue weighted by atomic mass is 16.6. The summed E-state index contributed by atoms with van der Waals surface area (Å²) in [5, 5.41) is 0. The largest absolute Gasteiger partial charge is 0.469 e. The van der Waals surface area contributed by atoms with Crippen molar-refractivity contribution in [3.8, 4) is 0 Å². The van der Waals surface area contributed by atoms with E-state index in [1.54, 1.807) is 4.90 Å². The highest BCUT2D eigenvalue weighted by Crippen LogP contribution is 2.27. The lowest BCUT2D eigenvalue weighted by Crippen LogP contribution is -2.40. The fourth-order valence-electron chi connectivity index (χ4n) is 4.21. The molecule has 0 N–H and O–H groups in total. The third-order valence-corrected chi connectivity index (χ3v) is 5.66. The van der Waals surface area contributed by atoms with Crippen molar-refractivity contribution in [1.29, 1.82) is 0 Å². The maximum Gasteiger partial charge on any atom is 0.416 e. The van der Waals surface area contributed by atoms with Gasteiger partial charge in [-0.25, -0.2) is 9.78 Å². The maximum absolute atomic E-state index is 12.6. The summed E-state index contributed by atoms with van der Waals surface area (Å²) in [6, 6.07) is 4.17. The Labute approximate surface area is 179 Å². The number of likely N-dealkylation sites (tertiary alicyclic amines) is 1. The van der Waals surface area contributed by atoms with Crippen molar-refractivity contribution < 1.29 is 19.1 Å². The first-order valence-corrected chi connectivity index (χ1v) is 11.1. The molecule has 1 amide bonds. The van der Waals surface area contributed by atoms with Gasteiger partial charge in [-0.2, -0.15) is 0 Å². The van der Waals surface area contributed by atoms with E-state index in [4.69, 9.17) is 14.5 Å². The number of methoxy groups -OCH3 is 1. The van der Waals surface area contributed by atoms with E-state index >= 15 is 0 Å². The van der Waals surface area contributed by atoms with Crippen LogP contribution in [0.5, 0.6) is 0 Å². The number of aryl methyl sites for hydroxylation is 2. The number of pyridine rings is 1. The average Bonchev–Trinajstić information content (AvgIpc) is 2.71. The highest BCUT2D eigenvalue weighted by molar-refractivity contribution is 5.88. The van der Waals surface area contributed by atoms with Crippen LogP contribution in [0, 0.1) is 5.92 Å². The first-order valence-electron chi connectivity index (χ1n) is 11.1. The number of anilines is 1. The molecule has 1 fully saturated rings. The van der Waals surface area contributed by atoms with E-state index in [1.165, 1.54) is 7.11 Å². The second kappa shape index (κ2) is 9.77. The van der Waals surface area contributed by atoms with E-state index in [9.17, 15) is 9.59 Å². The van der Waals surface area contributed by atoms with Gasteiger partial charge in [0.1, 0.15) is 11.4 Å². The summed E-state index contributed by atoms with van der Waals surface area (Å²) in [6.45, 7) is 9.01. The van der Waals surface area contributed by atoms with Crippen LogP contribution in [0.25, 0.3) is 0 Å². The first-order chi connectivity index (χ1) is 14.3. The highest BCUT2D eigenvalue weighted by Gasteiger charge is 2.29. The monoisotopic (exact) mass is 417 g/mol. The molecule has 7 heteroatoms. The second-order valence-electron chi connectivity index (χ2n) is 9.29. The molecule has 2 aliphatic rings. The summed E-state index contributed by atoms with van der Waals surface area (Å²) < 4.78 is 10.5. The minimum absolute atomic E-state index is 0.00648. The Bertz CT molecular complexity index is 759. The van der Waals surface area contributed by atoms with Gasteiger partial charge in [-0.1, -0.05) is 6.07 Å². The Hall–Kier alpha value is -2.15. The van der Waals surface area contributed by atoms with Crippen molar-refractivity contribution in [2.45, 2.75) is 64.9 Å². The molecule has 0 spiro atoms. The molecule has 3 heterocycles. The molecule has 0 unspecified atom stereocenters. The predicted octanol–water partition coefficient (Wildman–Crippen LogP) is 3.59. The van der Waals surface area contributed by atoms with Gasteiger partial charge in [-0.3, -0.25) is 9.69 Å². The molecule has 0 saturated carbocycles.